The summed E-state index contributed by atoms with van der Waals surface area (Å²) >= 11 is 7.41. The summed E-state index contributed by atoms with van der Waals surface area (Å²) in [5.41, 5.74) is -0.335. The fourth-order valence-corrected chi connectivity index (χ4v) is 5.86. The van der Waals surface area contributed by atoms with E-state index in [-0.39, 0.29) is 16.2 Å². The third-order valence-corrected chi connectivity index (χ3v) is 7.21. The predicted octanol–water partition coefficient (Wildman–Crippen LogP) is 1.92. The van der Waals surface area contributed by atoms with E-state index in [1.165, 1.54) is 18.6 Å². The van der Waals surface area contributed by atoms with Gasteiger partial charge >= 0.3 is 0 Å². The van der Waals surface area contributed by atoms with Crippen LogP contribution in [0.4, 0.5) is 0 Å². The average molecular weight is 270 g/mol. The highest BCUT2D eigenvalue weighted by atomic mass is 32.2. The van der Waals surface area contributed by atoms with E-state index < -0.39 is 0 Å². The molecule has 3 nitrogen and oxygen atoms in total. The summed E-state index contributed by atoms with van der Waals surface area (Å²) in [5.74, 6) is 1.99. The number of piperidine rings is 1. The third kappa shape index (κ3) is 1.15. The van der Waals surface area contributed by atoms with Crippen LogP contribution in [-0.2, 0) is 4.79 Å². The average Bonchev–Trinajstić information content (AvgIpc) is 2.25. The fourth-order valence-electron chi connectivity index (χ4n) is 3.70. The van der Waals surface area contributed by atoms with Crippen molar-refractivity contribution in [3.8, 4) is 0 Å². The Morgan fingerprint density at radius 3 is 2.76 bits per heavy atom. The van der Waals surface area contributed by atoms with E-state index in [2.05, 4.69) is 18.7 Å². The molecule has 5 heteroatoms. The van der Waals surface area contributed by atoms with Gasteiger partial charge in [0.2, 0.25) is 5.91 Å². The number of thioether (sulfide) groups is 1. The van der Waals surface area contributed by atoms with Crippen LogP contribution in [0.1, 0.15) is 26.7 Å². The fraction of sp³-hybridized carbons (Fsp3) is 0.833. The first-order valence-electron chi connectivity index (χ1n) is 6.16. The van der Waals surface area contributed by atoms with E-state index >= 15 is 0 Å². The second kappa shape index (κ2) is 3.38. The van der Waals surface area contributed by atoms with Gasteiger partial charge in [-0.3, -0.25) is 9.69 Å². The molecule has 0 aliphatic carbocycles. The largest absolute Gasteiger partial charge is 0.333 e. The number of carbonyl (C=O) groups is 1. The van der Waals surface area contributed by atoms with Gasteiger partial charge in [0.05, 0.1) is 5.41 Å². The van der Waals surface area contributed by atoms with Crippen molar-refractivity contribution in [2.24, 2.45) is 11.3 Å². The van der Waals surface area contributed by atoms with Crippen molar-refractivity contribution in [2.75, 3.05) is 19.3 Å². The predicted molar refractivity (Wildman–Crippen MR) is 73.8 cm³/mol. The molecule has 2 unspecified atom stereocenters. The van der Waals surface area contributed by atoms with Crippen LogP contribution in [0.25, 0.3) is 0 Å². The molecule has 3 saturated heterocycles. The highest BCUT2D eigenvalue weighted by Crippen LogP contribution is 2.63. The Hall–Kier alpha value is -0.290. The minimum absolute atomic E-state index is 0.0497. The first-order valence-corrected chi connectivity index (χ1v) is 7.56. The molecule has 3 fully saturated rings. The molecule has 3 rings (SSSR count). The first kappa shape index (κ1) is 11.8. The molecule has 0 aromatic rings. The lowest BCUT2D eigenvalue weighted by atomic mass is 9.70. The summed E-state index contributed by atoms with van der Waals surface area (Å²) in [7, 11) is 1.81. The molecular formula is C12H18N2OS2. The van der Waals surface area contributed by atoms with E-state index in [0.29, 0.717) is 5.92 Å². The molecule has 1 spiro atoms. The Labute approximate surface area is 112 Å². The van der Waals surface area contributed by atoms with Crippen LogP contribution >= 0.6 is 24.0 Å². The Morgan fingerprint density at radius 1 is 1.47 bits per heavy atom. The lowest BCUT2D eigenvalue weighted by molar-refractivity contribution is -0.148. The van der Waals surface area contributed by atoms with E-state index in [1.54, 1.807) is 4.90 Å². The molecule has 3 aliphatic heterocycles. The Bertz CT molecular complexity index is 409. The van der Waals surface area contributed by atoms with Gasteiger partial charge in [-0.25, -0.2) is 0 Å². The SMILES string of the molecule is CN1C(=O)C(C)(C)C23SCC2CCCN3C1=S. The number of carbonyl (C=O) groups excluding carboxylic acids is 1. The third-order valence-electron chi connectivity index (χ3n) is 4.65. The van der Waals surface area contributed by atoms with Crippen molar-refractivity contribution in [1.29, 1.82) is 0 Å². The molecule has 0 saturated carbocycles. The van der Waals surface area contributed by atoms with E-state index in [0.717, 1.165) is 11.7 Å². The smallest absolute Gasteiger partial charge is 0.237 e. The number of rotatable bonds is 0. The number of hydrogen-bond donors (Lipinski definition) is 0. The Kier molecular flexibility index (Phi) is 2.34. The van der Waals surface area contributed by atoms with E-state index in [9.17, 15) is 4.79 Å². The zero-order chi connectivity index (χ0) is 12.4. The molecule has 3 heterocycles. The van der Waals surface area contributed by atoms with Crippen LogP contribution in [0.2, 0.25) is 0 Å². The van der Waals surface area contributed by atoms with Crippen LogP contribution < -0.4 is 0 Å². The van der Waals surface area contributed by atoms with Crippen molar-refractivity contribution >= 4 is 35.0 Å². The number of hydrogen-bond acceptors (Lipinski definition) is 3. The van der Waals surface area contributed by atoms with Gasteiger partial charge in [0.1, 0.15) is 4.87 Å². The molecule has 0 radical (unpaired) electrons. The molecule has 2 atom stereocenters. The van der Waals surface area contributed by atoms with Crippen molar-refractivity contribution < 1.29 is 4.79 Å². The molecule has 0 aromatic carbocycles. The summed E-state index contributed by atoms with van der Waals surface area (Å²) in [4.78, 5) is 16.4. The standard InChI is InChI=1S/C12H18N2OS2/c1-11(2)9(15)13(3)10(16)14-6-4-5-8-7-17-12(8,11)14/h8H,4-7H2,1-3H3. The van der Waals surface area contributed by atoms with Crippen LogP contribution in [0.3, 0.4) is 0 Å². The molecule has 17 heavy (non-hydrogen) atoms. The number of thiocarbonyl (C=S) groups is 1. The molecule has 1 amide bonds. The summed E-state index contributed by atoms with van der Waals surface area (Å²) in [5, 5.41) is 0.728. The zero-order valence-electron chi connectivity index (χ0n) is 10.5. The van der Waals surface area contributed by atoms with Crippen LogP contribution in [0.15, 0.2) is 0 Å². The van der Waals surface area contributed by atoms with Crippen molar-refractivity contribution in [3.05, 3.63) is 0 Å². The van der Waals surface area contributed by atoms with Gasteiger partial charge in [-0.1, -0.05) is 0 Å². The van der Waals surface area contributed by atoms with Crippen LogP contribution in [0.5, 0.6) is 0 Å². The van der Waals surface area contributed by atoms with Gasteiger partial charge in [0, 0.05) is 25.3 Å². The summed E-state index contributed by atoms with van der Waals surface area (Å²) in [6, 6.07) is 0. The van der Waals surface area contributed by atoms with Gasteiger partial charge in [0.25, 0.3) is 0 Å². The second-order valence-electron chi connectivity index (χ2n) is 5.77. The second-order valence-corrected chi connectivity index (χ2v) is 7.38. The normalized spacial score (nSPS) is 39.6. The quantitative estimate of drug-likeness (QED) is 0.628. The molecule has 0 N–H and O–H groups in total. The van der Waals surface area contributed by atoms with Crippen molar-refractivity contribution in [1.82, 2.24) is 9.80 Å². The maximum Gasteiger partial charge on any atom is 0.237 e. The summed E-state index contributed by atoms with van der Waals surface area (Å²) in [6.07, 6.45) is 2.44. The zero-order valence-corrected chi connectivity index (χ0v) is 12.2. The topological polar surface area (TPSA) is 23.6 Å². The van der Waals surface area contributed by atoms with Crippen molar-refractivity contribution in [3.63, 3.8) is 0 Å². The number of nitrogens with zero attached hydrogens (tertiary/aromatic N) is 2. The van der Waals surface area contributed by atoms with Gasteiger partial charge in [-0.2, -0.15) is 0 Å². The number of amides is 1. The highest BCUT2D eigenvalue weighted by molar-refractivity contribution is 8.02. The van der Waals surface area contributed by atoms with Crippen LogP contribution in [-0.4, -0.2) is 45.0 Å². The highest BCUT2D eigenvalue weighted by Gasteiger charge is 2.68. The molecule has 0 aromatic heterocycles. The van der Waals surface area contributed by atoms with Crippen LogP contribution in [0, 0.1) is 11.3 Å². The van der Waals surface area contributed by atoms with Gasteiger partial charge in [-0.15, -0.1) is 11.8 Å². The summed E-state index contributed by atoms with van der Waals surface area (Å²) in [6.45, 7) is 5.18. The Morgan fingerprint density at radius 2 is 2.18 bits per heavy atom. The maximum atomic E-state index is 12.5. The first-order chi connectivity index (χ1) is 7.93. The van der Waals surface area contributed by atoms with E-state index in [1.807, 2.05) is 18.8 Å². The molecular weight excluding hydrogens is 252 g/mol. The molecule has 0 bridgehead atoms. The molecule has 3 aliphatic rings. The minimum Gasteiger partial charge on any atom is -0.333 e. The summed E-state index contributed by atoms with van der Waals surface area (Å²) < 4.78 is 0. The van der Waals surface area contributed by atoms with Gasteiger partial charge in [-0.05, 0) is 38.9 Å². The Balaban J connectivity index is 2.11. The lowest BCUT2D eigenvalue weighted by Gasteiger charge is -2.68. The molecule has 94 valence electrons. The monoisotopic (exact) mass is 270 g/mol. The lowest BCUT2D eigenvalue weighted by Crippen LogP contribution is -2.77. The van der Waals surface area contributed by atoms with Crippen molar-refractivity contribution in [2.45, 2.75) is 31.6 Å². The van der Waals surface area contributed by atoms with E-state index in [4.69, 9.17) is 12.2 Å². The maximum absolute atomic E-state index is 12.5. The van der Waals surface area contributed by atoms with Gasteiger partial charge in [0.15, 0.2) is 5.11 Å². The van der Waals surface area contributed by atoms with Gasteiger partial charge < -0.3 is 4.90 Å². The minimum atomic E-state index is -0.335.